The van der Waals surface area contributed by atoms with Crippen LogP contribution in [0.3, 0.4) is 0 Å². The van der Waals surface area contributed by atoms with Gasteiger partial charge in [-0.1, -0.05) is 0 Å². The highest BCUT2D eigenvalue weighted by molar-refractivity contribution is 5.79. The number of hydrogen-bond acceptors (Lipinski definition) is 4. The lowest BCUT2D eigenvalue weighted by Gasteiger charge is -2.13. The molecule has 2 heterocycles. The van der Waals surface area contributed by atoms with Crippen molar-refractivity contribution in [2.75, 3.05) is 40.0 Å². The van der Waals surface area contributed by atoms with Crippen molar-refractivity contribution >= 4 is 5.96 Å². The summed E-state index contributed by atoms with van der Waals surface area (Å²) in [7, 11) is 1.72. The Morgan fingerprint density at radius 3 is 3.05 bits per heavy atom. The molecular weight excluding hydrogens is 282 g/mol. The van der Waals surface area contributed by atoms with Gasteiger partial charge in [-0.3, -0.25) is 4.99 Å². The van der Waals surface area contributed by atoms with Gasteiger partial charge in [0, 0.05) is 39.8 Å². The predicted molar refractivity (Wildman–Crippen MR) is 86.2 cm³/mol. The van der Waals surface area contributed by atoms with Crippen molar-refractivity contribution in [2.45, 2.75) is 31.8 Å². The van der Waals surface area contributed by atoms with Crippen LogP contribution in [-0.4, -0.2) is 52.0 Å². The first-order chi connectivity index (χ1) is 10.9. The van der Waals surface area contributed by atoms with Crippen LogP contribution in [0.2, 0.25) is 0 Å². The molecule has 1 aromatic rings. The summed E-state index contributed by atoms with van der Waals surface area (Å²) in [5.74, 6) is 1.81. The Bertz CT molecular complexity index is 414. The first kappa shape index (κ1) is 16.8. The second-order valence-electron chi connectivity index (χ2n) is 5.35. The van der Waals surface area contributed by atoms with Crippen molar-refractivity contribution in [1.29, 1.82) is 0 Å². The largest absolute Gasteiger partial charge is 0.469 e. The Morgan fingerprint density at radius 2 is 2.32 bits per heavy atom. The first-order valence-corrected chi connectivity index (χ1v) is 8.03. The Labute approximate surface area is 132 Å². The number of ether oxygens (including phenoxy) is 2. The number of furan rings is 1. The monoisotopic (exact) mass is 309 g/mol. The average molecular weight is 309 g/mol. The highest BCUT2D eigenvalue weighted by atomic mass is 16.5. The van der Waals surface area contributed by atoms with Crippen molar-refractivity contribution < 1.29 is 13.9 Å². The fourth-order valence-corrected chi connectivity index (χ4v) is 2.34. The van der Waals surface area contributed by atoms with Crippen LogP contribution >= 0.6 is 0 Å². The van der Waals surface area contributed by atoms with E-state index >= 15 is 0 Å². The Morgan fingerprint density at radius 1 is 1.41 bits per heavy atom. The van der Waals surface area contributed by atoms with Crippen molar-refractivity contribution in [3.05, 3.63) is 24.2 Å². The number of nitrogens with zero attached hydrogens (tertiary/aromatic N) is 1. The smallest absolute Gasteiger partial charge is 0.191 e. The van der Waals surface area contributed by atoms with Gasteiger partial charge < -0.3 is 24.5 Å². The van der Waals surface area contributed by atoms with Gasteiger partial charge in [-0.05, 0) is 31.4 Å². The van der Waals surface area contributed by atoms with E-state index in [1.54, 1.807) is 13.4 Å². The normalized spacial score (nSPS) is 18.6. The Hall–Kier alpha value is -1.53. The molecule has 124 valence electrons. The molecule has 22 heavy (non-hydrogen) atoms. The summed E-state index contributed by atoms with van der Waals surface area (Å²) in [4.78, 5) is 4.62. The molecule has 1 aromatic heterocycles. The quantitative estimate of drug-likeness (QED) is 0.412. The third kappa shape index (κ3) is 6.49. The van der Waals surface area contributed by atoms with Gasteiger partial charge in [-0.25, -0.2) is 0 Å². The van der Waals surface area contributed by atoms with E-state index in [0.29, 0.717) is 6.54 Å². The SMILES string of the molecule is COCCCNC(=NCC1CCCO1)NCCc1ccco1. The highest BCUT2D eigenvalue weighted by Crippen LogP contribution is 2.11. The molecule has 0 amide bonds. The number of guanidine groups is 1. The van der Waals surface area contributed by atoms with E-state index in [9.17, 15) is 0 Å². The maximum Gasteiger partial charge on any atom is 0.191 e. The zero-order valence-electron chi connectivity index (χ0n) is 13.3. The van der Waals surface area contributed by atoms with Crippen LogP contribution in [0, 0.1) is 0 Å². The molecule has 2 N–H and O–H groups in total. The molecule has 1 atom stereocenters. The predicted octanol–water partition coefficient (Wildman–Crippen LogP) is 1.57. The van der Waals surface area contributed by atoms with Crippen molar-refractivity contribution in [3.8, 4) is 0 Å². The van der Waals surface area contributed by atoms with E-state index in [4.69, 9.17) is 13.9 Å². The lowest BCUT2D eigenvalue weighted by molar-refractivity contribution is 0.117. The van der Waals surface area contributed by atoms with Crippen LogP contribution < -0.4 is 10.6 Å². The van der Waals surface area contributed by atoms with Gasteiger partial charge in [0.1, 0.15) is 5.76 Å². The van der Waals surface area contributed by atoms with E-state index in [1.807, 2.05) is 12.1 Å². The molecule has 1 unspecified atom stereocenters. The van der Waals surface area contributed by atoms with E-state index in [0.717, 1.165) is 63.7 Å². The van der Waals surface area contributed by atoms with Crippen LogP contribution in [0.15, 0.2) is 27.8 Å². The summed E-state index contributed by atoms with van der Waals surface area (Å²) >= 11 is 0. The fourth-order valence-electron chi connectivity index (χ4n) is 2.34. The Kier molecular flexibility index (Phi) is 7.83. The third-order valence-electron chi connectivity index (χ3n) is 3.54. The lowest BCUT2D eigenvalue weighted by atomic mass is 10.2. The van der Waals surface area contributed by atoms with Gasteiger partial charge >= 0.3 is 0 Å². The highest BCUT2D eigenvalue weighted by Gasteiger charge is 2.14. The van der Waals surface area contributed by atoms with Crippen LogP contribution in [-0.2, 0) is 15.9 Å². The second-order valence-corrected chi connectivity index (χ2v) is 5.35. The van der Waals surface area contributed by atoms with Crippen molar-refractivity contribution in [1.82, 2.24) is 10.6 Å². The van der Waals surface area contributed by atoms with E-state index in [-0.39, 0.29) is 6.10 Å². The zero-order valence-corrected chi connectivity index (χ0v) is 13.3. The molecule has 0 aromatic carbocycles. The van der Waals surface area contributed by atoms with E-state index < -0.39 is 0 Å². The molecule has 0 aliphatic carbocycles. The van der Waals surface area contributed by atoms with Crippen molar-refractivity contribution in [3.63, 3.8) is 0 Å². The number of hydrogen-bond donors (Lipinski definition) is 2. The Balaban J connectivity index is 1.73. The molecule has 0 bridgehead atoms. The standard InChI is InChI=1S/C16H27N3O3/c1-20-10-4-8-17-16(19-13-15-6-3-12-22-15)18-9-7-14-5-2-11-21-14/h2,5,11,15H,3-4,6-10,12-13H2,1H3,(H2,17,18,19). The molecule has 1 saturated heterocycles. The minimum atomic E-state index is 0.266. The van der Waals surface area contributed by atoms with Gasteiger partial charge in [0.15, 0.2) is 5.96 Å². The molecule has 1 aliphatic heterocycles. The van der Waals surface area contributed by atoms with Crippen LogP contribution in [0.4, 0.5) is 0 Å². The molecular formula is C16H27N3O3. The van der Waals surface area contributed by atoms with Crippen LogP contribution in [0.1, 0.15) is 25.0 Å². The molecule has 1 fully saturated rings. The average Bonchev–Trinajstić information content (AvgIpc) is 3.21. The summed E-state index contributed by atoms with van der Waals surface area (Å²) in [5.41, 5.74) is 0. The van der Waals surface area contributed by atoms with Gasteiger partial charge in [-0.2, -0.15) is 0 Å². The van der Waals surface area contributed by atoms with E-state index in [2.05, 4.69) is 15.6 Å². The van der Waals surface area contributed by atoms with Gasteiger partial charge in [-0.15, -0.1) is 0 Å². The second kappa shape index (κ2) is 10.2. The molecule has 1 aliphatic rings. The zero-order chi connectivity index (χ0) is 15.5. The maximum absolute atomic E-state index is 5.61. The topological polar surface area (TPSA) is 68.0 Å². The maximum atomic E-state index is 5.61. The number of aliphatic imine (C=N–C) groups is 1. The van der Waals surface area contributed by atoms with Crippen LogP contribution in [0.25, 0.3) is 0 Å². The lowest BCUT2D eigenvalue weighted by Crippen LogP contribution is -2.39. The van der Waals surface area contributed by atoms with E-state index in [1.165, 1.54) is 0 Å². The summed E-state index contributed by atoms with van der Waals surface area (Å²) < 4.78 is 16.0. The summed E-state index contributed by atoms with van der Waals surface area (Å²) in [6.45, 7) is 3.95. The number of rotatable bonds is 9. The molecule has 6 heteroatoms. The molecule has 2 rings (SSSR count). The third-order valence-corrected chi connectivity index (χ3v) is 3.54. The van der Waals surface area contributed by atoms with Gasteiger partial charge in [0.25, 0.3) is 0 Å². The first-order valence-electron chi connectivity index (χ1n) is 8.03. The number of methoxy groups -OCH3 is 1. The minimum Gasteiger partial charge on any atom is -0.469 e. The molecule has 0 radical (unpaired) electrons. The summed E-state index contributed by atoms with van der Waals surface area (Å²) in [5, 5.41) is 6.67. The molecule has 0 saturated carbocycles. The summed E-state index contributed by atoms with van der Waals surface area (Å²) in [6, 6.07) is 3.89. The van der Waals surface area contributed by atoms with Crippen LogP contribution in [0.5, 0.6) is 0 Å². The van der Waals surface area contributed by atoms with Crippen molar-refractivity contribution in [2.24, 2.45) is 4.99 Å². The van der Waals surface area contributed by atoms with Gasteiger partial charge in [0.2, 0.25) is 0 Å². The fraction of sp³-hybridized carbons (Fsp3) is 0.688. The summed E-state index contributed by atoms with van der Waals surface area (Å²) in [6.07, 6.45) is 6.00. The number of nitrogens with one attached hydrogen (secondary N) is 2. The molecule has 0 spiro atoms. The molecule has 6 nitrogen and oxygen atoms in total. The minimum absolute atomic E-state index is 0.266. The van der Waals surface area contributed by atoms with Gasteiger partial charge in [0.05, 0.1) is 18.9 Å².